The molecule has 0 saturated carbocycles. The first-order valence-corrected chi connectivity index (χ1v) is 9.87. The van der Waals surface area contributed by atoms with Crippen LogP contribution in [0.2, 0.25) is 0 Å². The van der Waals surface area contributed by atoms with Gasteiger partial charge in [-0.15, -0.1) is 0 Å². The lowest BCUT2D eigenvalue weighted by atomic mass is 10.2. The van der Waals surface area contributed by atoms with Gasteiger partial charge in [0.05, 0.1) is 11.9 Å². The number of carbonyl (C=O) groups is 1. The highest BCUT2D eigenvalue weighted by Gasteiger charge is 2.23. The summed E-state index contributed by atoms with van der Waals surface area (Å²) in [6.45, 7) is 8.62. The number of nitrogens with zero attached hydrogens (tertiary/aromatic N) is 4. The van der Waals surface area contributed by atoms with Crippen LogP contribution in [0.3, 0.4) is 0 Å². The molecule has 2 aromatic rings. The van der Waals surface area contributed by atoms with Crippen LogP contribution in [0.25, 0.3) is 0 Å². The maximum absolute atomic E-state index is 12.7. The van der Waals surface area contributed by atoms with Crippen molar-refractivity contribution >= 4 is 11.7 Å². The summed E-state index contributed by atoms with van der Waals surface area (Å²) in [4.78, 5) is 23.7. The topological polar surface area (TPSA) is 75.1 Å². The quantitative estimate of drug-likeness (QED) is 0.663. The Hall–Kier alpha value is -2.41. The van der Waals surface area contributed by atoms with Crippen molar-refractivity contribution in [3.63, 3.8) is 0 Å². The summed E-state index contributed by atoms with van der Waals surface area (Å²) in [6, 6.07) is 4.20. The molecule has 3 rings (SSSR count). The Morgan fingerprint density at radius 1 is 1.37 bits per heavy atom. The van der Waals surface area contributed by atoms with Gasteiger partial charge in [-0.1, -0.05) is 6.92 Å². The molecule has 1 unspecified atom stereocenters. The summed E-state index contributed by atoms with van der Waals surface area (Å²) < 4.78 is 2.04. The maximum atomic E-state index is 12.7. The number of hydrogen-bond donors (Lipinski definition) is 2. The zero-order valence-corrected chi connectivity index (χ0v) is 16.3. The van der Waals surface area contributed by atoms with Crippen LogP contribution in [0, 0.1) is 6.92 Å². The number of anilines is 1. The van der Waals surface area contributed by atoms with Gasteiger partial charge >= 0.3 is 0 Å². The van der Waals surface area contributed by atoms with E-state index < -0.39 is 0 Å². The van der Waals surface area contributed by atoms with E-state index in [1.165, 1.54) is 6.42 Å². The van der Waals surface area contributed by atoms with Crippen LogP contribution in [0.4, 0.5) is 5.82 Å². The van der Waals surface area contributed by atoms with Gasteiger partial charge in [0.25, 0.3) is 5.91 Å². The minimum atomic E-state index is -0.0532. The number of imidazole rings is 1. The van der Waals surface area contributed by atoms with Crippen LogP contribution < -0.4 is 10.6 Å². The minimum Gasteiger partial charge on any atom is -0.369 e. The lowest BCUT2D eigenvalue weighted by molar-refractivity contribution is 0.0942. The average molecular weight is 371 g/mol. The van der Waals surface area contributed by atoms with E-state index in [4.69, 9.17) is 0 Å². The van der Waals surface area contributed by atoms with Crippen LogP contribution in [-0.2, 0) is 6.54 Å². The van der Waals surface area contributed by atoms with Gasteiger partial charge in [0.15, 0.2) is 0 Å². The summed E-state index contributed by atoms with van der Waals surface area (Å²) in [7, 11) is 0. The molecule has 27 heavy (non-hydrogen) atoms. The number of likely N-dealkylation sites (tertiary alicyclic amines) is 1. The highest BCUT2D eigenvalue weighted by atomic mass is 16.1. The molecule has 0 aromatic carbocycles. The zero-order chi connectivity index (χ0) is 19.1. The molecule has 1 aliphatic rings. The van der Waals surface area contributed by atoms with E-state index in [0.29, 0.717) is 24.0 Å². The van der Waals surface area contributed by atoms with E-state index in [1.807, 2.05) is 36.1 Å². The van der Waals surface area contributed by atoms with E-state index >= 15 is 0 Å². The molecule has 0 spiro atoms. The Balaban J connectivity index is 1.54. The number of hydrogen-bond acceptors (Lipinski definition) is 5. The Labute approximate surface area is 161 Å². The molecule has 1 saturated heterocycles. The monoisotopic (exact) mass is 370 g/mol. The Morgan fingerprint density at radius 2 is 2.26 bits per heavy atom. The van der Waals surface area contributed by atoms with Gasteiger partial charge in [0.2, 0.25) is 0 Å². The van der Waals surface area contributed by atoms with Gasteiger partial charge < -0.3 is 15.2 Å². The first kappa shape index (κ1) is 19.4. The molecule has 3 heterocycles. The van der Waals surface area contributed by atoms with Gasteiger partial charge in [-0.05, 0) is 51.4 Å². The fourth-order valence-corrected chi connectivity index (χ4v) is 3.61. The molecule has 0 radical (unpaired) electrons. The largest absolute Gasteiger partial charge is 0.369 e. The van der Waals surface area contributed by atoms with Crippen molar-refractivity contribution in [3.05, 3.63) is 42.1 Å². The number of aromatic nitrogens is 3. The van der Waals surface area contributed by atoms with E-state index in [-0.39, 0.29) is 5.91 Å². The molecule has 2 aromatic heterocycles. The first-order chi connectivity index (χ1) is 13.2. The lowest BCUT2D eigenvalue weighted by Crippen LogP contribution is -2.40. The van der Waals surface area contributed by atoms with E-state index in [1.54, 1.807) is 6.20 Å². The summed E-state index contributed by atoms with van der Waals surface area (Å²) in [5, 5.41) is 6.43. The summed E-state index contributed by atoms with van der Waals surface area (Å²) in [5.74, 6) is 0.611. The molecule has 1 aliphatic heterocycles. The molecule has 1 atom stereocenters. The highest BCUT2D eigenvalue weighted by molar-refractivity contribution is 5.98. The van der Waals surface area contributed by atoms with Crippen molar-refractivity contribution in [3.8, 4) is 0 Å². The van der Waals surface area contributed by atoms with Gasteiger partial charge in [-0.25, -0.2) is 9.97 Å². The molecule has 146 valence electrons. The molecule has 1 fully saturated rings. The molecule has 1 amide bonds. The molecule has 0 aliphatic carbocycles. The number of nitrogens with one attached hydrogen (secondary N) is 2. The smallest absolute Gasteiger partial charge is 0.255 e. The fraction of sp³-hybridized carbons (Fsp3) is 0.550. The Morgan fingerprint density at radius 3 is 3.04 bits per heavy atom. The summed E-state index contributed by atoms with van der Waals surface area (Å²) >= 11 is 0. The minimum absolute atomic E-state index is 0.0532. The predicted octanol–water partition coefficient (Wildman–Crippen LogP) is 2.30. The van der Waals surface area contributed by atoms with Gasteiger partial charge in [-0.3, -0.25) is 9.69 Å². The van der Waals surface area contributed by atoms with E-state index in [9.17, 15) is 4.79 Å². The molecular weight excluding hydrogens is 340 g/mol. The maximum Gasteiger partial charge on any atom is 0.255 e. The van der Waals surface area contributed by atoms with Crippen molar-refractivity contribution in [1.82, 2.24) is 24.8 Å². The van der Waals surface area contributed by atoms with E-state index in [2.05, 4.69) is 32.4 Å². The van der Waals surface area contributed by atoms with Crippen LogP contribution in [0.1, 0.15) is 42.2 Å². The molecule has 0 bridgehead atoms. The number of aryl methyl sites for hydroxylation is 2. The standard InChI is InChI=1S/C20H30N6O/c1-3-26-12-4-6-17(26)14-23-20(27)18-8-7-16(2)24-19(18)22-9-5-11-25-13-10-21-15-25/h7-8,10,13,15,17H,3-6,9,11-12,14H2,1-2H3,(H,22,24)(H,23,27). The van der Waals surface area contributed by atoms with Crippen molar-refractivity contribution in [2.24, 2.45) is 0 Å². The molecule has 7 nitrogen and oxygen atoms in total. The lowest BCUT2D eigenvalue weighted by Gasteiger charge is -2.23. The van der Waals surface area contributed by atoms with Crippen LogP contribution >= 0.6 is 0 Å². The predicted molar refractivity (Wildman–Crippen MR) is 107 cm³/mol. The van der Waals surface area contributed by atoms with Crippen LogP contribution in [0.15, 0.2) is 30.9 Å². The zero-order valence-electron chi connectivity index (χ0n) is 16.3. The second-order valence-corrected chi connectivity index (χ2v) is 7.06. The third-order valence-corrected chi connectivity index (χ3v) is 5.13. The van der Waals surface area contributed by atoms with E-state index in [0.717, 1.165) is 44.7 Å². The average Bonchev–Trinajstić information content (AvgIpc) is 3.34. The third kappa shape index (κ3) is 5.29. The number of likely N-dealkylation sites (N-methyl/N-ethyl adjacent to an activating group) is 1. The number of pyridine rings is 1. The molecular formula is C20H30N6O. The van der Waals surface area contributed by atoms with Crippen molar-refractivity contribution in [2.75, 3.05) is 31.5 Å². The second kappa shape index (κ2) is 9.50. The normalized spacial score (nSPS) is 17.2. The van der Waals surface area contributed by atoms with Crippen molar-refractivity contribution in [1.29, 1.82) is 0 Å². The number of rotatable bonds is 9. The first-order valence-electron chi connectivity index (χ1n) is 9.87. The fourth-order valence-electron chi connectivity index (χ4n) is 3.61. The number of amides is 1. The van der Waals surface area contributed by atoms with Gasteiger partial charge in [-0.2, -0.15) is 0 Å². The van der Waals surface area contributed by atoms with Gasteiger partial charge in [0.1, 0.15) is 5.82 Å². The highest BCUT2D eigenvalue weighted by Crippen LogP contribution is 2.17. The van der Waals surface area contributed by atoms with Crippen LogP contribution in [-0.4, -0.2) is 57.6 Å². The Bertz CT molecular complexity index is 730. The van der Waals surface area contributed by atoms with Crippen LogP contribution in [0.5, 0.6) is 0 Å². The van der Waals surface area contributed by atoms with Crippen molar-refractivity contribution < 1.29 is 4.79 Å². The summed E-state index contributed by atoms with van der Waals surface area (Å²) in [5.41, 5.74) is 1.51. The Kier molecular flexibility index (Phi) is 6.81. The van der Waals surface area contributed by atoms with Gasteiger partial charge in [0, 0.05) is 43.8 Å². The van der Waals surface area contributed by atoms with Crippen molar-refractivity contribution in [2.45, 2.75) is 45.7 Å². The SMILES string of the molecule is CCN1CCCC1CNC(=O)c1ccc(C)nc1NCCCn1ccnc1. The molecule has 2 N–H and O–H groups in total. The second-order valence-electron chi connectivity index (χ2n) is 7.06. The summed E-state index contributed by atoms with van der Waals surface area (Å²) in [6.07, 6.45) is 8.84. The number of carbonyl (C=O) groups excluding carboxylic acids is 1. The molecule has 7 heteroatoms. The third-order valence-electron chi connectivity index (χ3n) is 5.13.